The molecule has 4 saturated carbocycles. The number of alkyl halides is 1. The monoisotopic (exact) mass is 713 g/mol. The van der Waals surface area contributed by atoms with E-state index in [4.69, 9.17) is 4.74 Å². The molecule has 10 atom stereocenters. The number of hydrogen-bond donors (Lipinski definition) is 2. The second-order valence-corrected chi connectivity index (χ2v) is 19.5. The van der Waals surface area contributed by atoms with Crippen molar-refractivity contribution in [3.8, 4) is 0 Å². The third kappa shape index (κ3) is 5.61. The summed E-state index contributed by atoms with van der Waals surface area (Å²) in [5.41, 5.74) is 4.25. The van der Waals surface area contributed by atoms with Gasteiger partial charge in [0.1, 0.15) is 13.3 Å². The van der Waals surface area contributed by atoms with Gasteiger partial charge in [0.15, 0.2) is 0 Å². The molecule has 52 heavy (non-hydrogen) atoms. The minimum absolute atomic E-state index is 0.0274. The van der Waals surface area contributed by atoms with Gasteiger partial charge < -0.3 is 15.2 Å². The number of ether oxygens (including phenoxy) is 1. The fraction of sp³-hybridized carbons (Fsp3) is 0.696. The van der Waals surface area contributed by atoms with Gasteiger partial charge in [-0.2, -0.15) is 0 Å². The highest BCUT2D eigenvalue weighted by atomic mass is 19.1. The molecule has 10 unspecified atom stereocenters. The van der Waals surface area contributed by atoms with Gasteiger partial charge in [0.25, 0.3) is 0 Å². The van der Waals surface area contributed by atoms with E-state index in [2.05, 4.69) is 65.6 Å². The summed E-state index contributed by atoms with van der Waals surface area (Å²) in [4.78, 5) is 25.1. The van der Waals surface area contributed by atoms with Gasteiger partial charge >= 0.3 is 11.9 Å². The number of fused-ring (bicyclic) bond motifs is 7. The van der Waals surface area contributed by atoms with Crippen LogP contribution in [0.2, 0.25) is 0 Å². The van der Waals surface area contributed by atoms with E-state index < -0.39 is 24.0 Å². The van der Waals surface area contributed by atoms with Crippen LogP contribution in [0.5, 0.6) is 0 Å². The molecule has 0 aromatic heterocycles. The van der Waals surface area contributed by atoms with Gasteiger partial charge in [-0.25, -0.2) is 4.39 Å². The number of aliphatic carboxylic acids is 1. The Morgan fingerprint density at radius 1 is 0.904 bits per heavy atom. The summed E-state index contributed by atoms with van der Waals surface area (Å²) < 4.78 is 20.4. The predicted molar refractivity (Wildman–Crippen MR) is 205 cm³/mol. The summed E-state index contributed by atoms with van der Waals surface area (Å²) in [7, 11) is 0. The first-order chi connectivity index (χ1) is 24.6. The first-order valence-corrected chi connectivity index (χ1v) is 20.4. The average molecular weight is 714 g/mol. The Balaban J connectivity index is 1.13. The molecule has 1 aromatic rings. The zero-order valence-corrected chi connectivity index (χ0v) is 32.8. The number of nitrogens with one attached hydrogen (secondary N) is 1. The molecule has 0 saturated heterocycles. The van der Waals surface area contributed by atoms with Gasteiger partial charge in [-0.15, -0.1) is 0 Å². The Labute approximate surface area is 312 Å². The number of esters is 1. The van der Waals surface area contributed by atoms with Crippen LogP contribution < -0.4 is 5.32 Å². The molecule has 7 rings (SSSR count). The van der Waals surface area contributed by atoms with Crippen molar-refractivity contribution in [3.63, 3.8) is 0 Å². The summed E-state index contributed by atoms with van der Waals surface area (Å²) in [5.74, 6) is 1.41. The number of rotatable bonds is 9. The number of carbonyl (C=O) groups excluding carboxylic acids is 1. The van der Waals surface area contributed by atoms with Crippen LogP contribution in [-0.4, -0.2) is 35.8 Å². The molecule has 0 bridgehead atoms. The van der Waals surface area contributed by atoms with Crippen molar-refractivity contribution < 1.29 is 23.8 Å². The van der Waals surface area contributed by atoms with Crippen LogP contribution in [0, 0.1) is 56.7 Å². The molecule has 6 heteroatoms. The molecule has 0 aliphatic heterocycles. The van der Waals surface area contributed by atoms with E-state index in [1.807, 2.05) is 30.3 Å². The van der Waals surface area contributed by atoms with Crippen molar-refractivity contribution in [2.24, 2.45) is 56.7 Å². The van der Waals surface area contributed by atoms with Crippen LogP contribution in [0.3, 0.4) is 0 Å². The highest BCUT2D eigenvalue weighted by Gasteiger charge is 2.70. The molecular weight excluding hydrogens is 650 g/mol. The first kappa shape index (κ1) is 37.6. The van der Waals surface area contributed by atoms with Crippen molar-refractivity contribution in [1.82, 2.24) is 5.32 Å². The lowest BCUT2D eigenvalue weighted by atomic mass is 9.33. The molecular formula is C46H64FNO4. The van der Waals surface area contributed by atoms with E-state index >= 15 is 0 Å². The van der Waals surface area contributed by atoms with Crippen LogP contribution in [0.15, 0.2) is 65.8 Å². The maximum atomic E-state index is 14.7. The summed E-state index contributed by atoms with van der Waals surface area (Å²) in [6.07, 6.45) is 16.6. The maximum Gasteiger partial charge on any atom is 0.317 e. The Hall–Kier alpha value is -2.73. The zero-order valence-electron chi connectivity index (χ0n) is 32.8. The normalized spacial score (nSPS) is 42.0. The highest BCUT2D eigenvalue weighted by molar-refractivity contribution is 5.78. The summed E-state index contributed by atoms with van der Waals surface area (Å²) >= 11 is 0. The minimum Gasteiger partial charge on any atom is -0.480 e. The molecule has 1 aromatic carbocycles. The molecule has 0 heterocycles. The van der Waals surface area contributed by atoms with E-state index in [1.54, 1.807) is 0 Å². The number of halogens is 1. The standard InChI is InChI=1S/C46H64FNO4/c1-30(2)33-17-24-46(48-27-38(49)50)26-25-43(6)35(39(33)46)13-14-37-42(5)20-18-34(41(3,4)36(42)19-21-44(37,43)7)32-15-22-45(29-47,23-16-32)40(51)52-28-31-11-9-8-10-12-31/h8-12,15,18,33,35-37,39,48H,1,13-14,16-17,19-29H2,2-7H3,(H,49,50). The van der Waals surface area contributed by atoms with Gasteiger partial charge in [-0.05, 0) is 152 Å². The van der Waals surface area contributed by atoms with Crippen LogP contribution in [0.4, 0.5) is 4.39 Å². The molecule has 0 spiro atoms. The van der Waals surface area contributed by atoms with Crippen molar-refractivity contribution >= 4 is 11.9 Å². The van der Waals surface area contributed by atoms with Crippen molar-refractivity contribution in [2.45, 2.75) is 131 Å². The largest absolute Gasteiger partial charge is 0.480 e. The van der Waals surface area contributed by atoms with Crippen molar-refractivity contribution in [3.05, 3.63) is 71.3 Å². The summed E-state index contributed by atoms with van der Waals surface area (Å²) in [6.45, 7) is 19.0. The highest BCUT2D eigenvalue weighted by Crippen LogP contribution is 2.76. The van der Waals surface area contributed by atoms with E-state index in [0.29, 0.717) is 48.9 Å². The van der Waals surface area contributed by atoms with Gasteiger partial charge in [0.05, 0.1) is 12.0 Å². The molecule has 4 fully saturated rings. The molecule has 6 aliphatic rings. The van der Waals surface area contributed by atoms with E-state index in [-0.39, 0.29) is 40.4 Å². The molecule has 5 nitrogen and oxygen atoms in total. The summed E-state index contributed by atoms with van der Waals surface area (Å²) in [5, 5.41) is 13.3. The number of carboxylic acid groups (broad SMARTS) is 1. The Kier molecular flexibility index (Phi) is 9.57. The van der Waals surface area contributed by atoms with E-state index in [1.165, 1.54) is 42.4 Å². The fourth-order valence-corrected chi connectivity index (χ4v) is 14.2. The second-order valence-electron chi connectivity index (χ2n) is 19.5. The van der Waals surface area contributed by atoms with Crippen molar-refractivity contribution in [1.29, 1.82) is 0 Å². The van der Waals surface area contributed by atoms with Gasteiger partial charge in [0.2, 0.25) is 0 Å². The first-order valence-electron chi connectivity index (χ1n) is 20.4. The number of allylic oxidation sites excluding steroid dienone is 5. The minimum atomic E-state index is -1.10. The third-order valence-electron chi connectivity index (χ3n) is 17.1. The number of benzene rings is 1. The Morgan fingerprint density at radius 3 is 2.31 bits per heavy atom. The summed E-state index contributed by atoms with van der Waals surface area (Å²) in [6, 6.07) is 9.63. The van der Waals surface area contributed by atoms with E-state index in [9.17, 15) is 19.1 Å². The molecule has 0 radical (unpaired) electrons. The Morgan fingerprint density at radius 2 is 1.65 bits per heavy atom. The zero-order chi connectivity index (χ0) is 37.3. The lowest BCUT2D eigenvalue weighted by Crippen LogP contribution is -2.68. The third-order valence-corrected chi connectivity index (χ3v) is 17.1. The second kappa shape index (κ2) is 13.2. The average Bonchev–Trinajstić information content (AvgIpc) is 3.51. The lowest BCUT2D eigenvalue weighted by Gasteiger charge is -2.72. The number of carboxylic acids is 1. The molecule has 6 aliphatic carbocycles. The molecule has 2 N–H and O–H groups in total. The van der Waals surface area contributed by atoms with Crippen LogP contribution in [0.1, 0.15) is 124 Å². The van der Waals surface area contributed by atoms with Crippen molar-refractivity contribution in [2.75, 3.05) is 13.2 Å². The lowest BCUT2D eigenvalue weighted by molar-refractivity contribution is -0.221. The van der Waals surface area contributed by atoms with E-state index in [0.717, 1.165) is 37.7 Å². The quantitative estimate of drug-likeness (QED) is 0.197. The van der Waals surface area contributed by atoms with Crippen LogP contribution in [0.25, 0.3) is 0 Å². The Bertz CT molecular complexity index is 1650. The van der Waals surface area contributed by atoms with Gasteiger partial charge in [-0.3, -0.25) is 9.59 Å². The van der Waals surface area contributed by atoms with Gasteiger partial charge in [0, 0.05) is 5.54 Å². The maximum absolute atomic E-state index is 14.7. The smallest absolute Gasteiger partial charge is 0.317 e. The number of carbonyl (C=O) groups is 2. The topological polar surface area (TPSA) is 75.6 Å². The molecule has 0 amide bonds. The number of hydrogen-bond acceptors (Lipinski definition) is 4. The SMILES string of the molecule is C=C(C)C1CCC2(NCC(=O)O)CCC3(C)C(CCC4C5(C)CC=C(C6=CCC(CF)(C(=O)OCc7ccccc7)CC6)C(C)(C)C5CCC43C)C12. The predicted octanol–water partition coefficient (Wildman–Crippen LogP) is 10.4. The van der Waals surface area contributed by atoms with Crippen LogP contribution >= 0.6 is 0 Å². The molecule has 284 valence electrons. The fourth-order valence-electron chi connectivity index (χ4n) is 14.2. The van der Waals surface area contributed by atoms with Gasteiger partial charge in [-0.1, -0.05) is 89.3 Å². The van der Waals surface area contributed by atoms with Crippen LogP contribution in [-0.2, 0) is 20.9 Å².